The van der Waals surface area contributed by atoms with Crippen LogP contribution < -0.4 is 18.9 Å². The molecule has 0 aliphatic rings. The van der Waals surface area contributed by atoms with E-state index >= 15 is 0 Å². The molecule has 0 N–H and O–H groups in total. The molecule has 1 nitrogen and oxygen atoms in total. The molecule has 0 spiro atoms. The average molecular weight is 127 g/mol. The molecule has 0 radical (unpaired) electrons. The van der Waals surface area contributed by atoms with Crippen LogP contribution in [-0.2, 0) is 6.42 Å². The molecule has 0 aliphatic heterocycles. The summed E-state index contributed by atoms with van der Waals surface area (Å²) in [7, 11) is 0. The second-order valence-corrected chi connectivity index (χ2v) is 1.93. The summed E-state index contributed by atoms with van der Waals surface area (Å²) in [6.07, 6.45) is 4.89. The summed E-state index contributed by atoms with van der Waals surface area (Å²) in [6.45, 7) is 2.04. The number of pyridine rings is 1. The second-order valence-electron chi connectivity index (χ2n) is 1.93. The first kappa shape index (κ1) is 9.75. The molecule has 0 aromatic carbocycles. The van der Waals surface area contributed by atoms with Gasteiger partial charge in [-0.25, -0.2) is 0 Å². The molecule has 0 saturated heterocycles. The monoisotopic (exact) mass is 127 g/mol. The Morgan fingerprint density at radius 1 is 1.50 bits per heavy atom. The molecule has 1 aromatic rings. The normalized spacial score (nSPS) is 8.50. The number of rotatable bonds is 2. The Hall–Kier alpha value is -0.253. The summed E-state index contributed by atoms with van der Waals surface area (Å²) in [5, 5.41) is 0. The smallest absolute Gasteiger partial charge is 0.326 e. The van der Waals surface area contributed by atoms with Crippen molar-refractivity contribution in [1.82, 2.24) is 4.98 Å². The van der Waals surface area contributed by atoms with Crippen LogP contribution in [0.2, 0.25) is 0 Å². The molecule has 1 rings (SSSR count). The van der Waals surface area contributed by atoms with E-state index in [0.717, 1.165) is 12.1 Å². The van der Waals surface area contributed by atoms with E-state index in [4.69, 9.17) is 0 Å². The average Bonchev–Trinajstić information content (AvgIpc) is 1.91. The van der Waals surface area contributed by atoms with Crippen molar-refractivity contribution in [2.24, 2.45) is 0 Å². The van der Waals surface area contributed by atoms with Gasteiger partial charge in [-0.15, -0.1) is 6.42 Å². The van der Waals surface area contributed by atoms with E-state index < -0.39 is 0 Å². The van der Waals surface area contributed by atoms with Crippen LogP contribution in [0.15, 0.2) is 24.4 Å². The predicted octanol–water partition coefficient (Wildman–Crippen LogP) is -1.15. The molecule has 48 valence electrons. The first-order valence-corrected chi connectivity index (χ1v) is 3.11. The third-order valence-electron chi connectivity index (χ3n) is 1.14. The van der Waals surface area contributed by atoms with Gasteiger partial charge >= 0.3 is 18.9 Å². The maximum Gasteiger partial charge on any atom is 1.00 e. The van der Waals surface area contributed by atoms with Crippen LogP contribution in [-0.4, -0.2) is 4.98 Å². The Labute approximate surface area is 74.0 Å². The Balaban J connectivity index is 0.000000810. The zero-order chi connectivity index (χ0) is 6.53. The molecule has 0 fully saturated rings. The van der Waals surface area contributed by atoms with Crippen molar-refractivity contribution in [3.8, 4) is 0 Å². The Morgan fingerprint density at radius 3 is 2.80 bits per heavy atom. The van der Waals surface area contributed by atoms with Gasteiger partial charge in [-0.1, -0.05) is 6.07 Å². The van der Waals surface area contributed by atoms with Crippen molar-refractivity contribution in [3.63, 3.8) is 0 Å². The minimum absolute atomic E-state index is 0. The SMILES string of the molecule is C[CH-]Cc1ccccn1.[Li+]. The van der Waals surface area contributed by atoms with Crippen molar-refractivity contribution in [3.05, 3.63) is 36.5 Å². The molecule has 0 amide bonds. The summed E-state index contributed by atoms with van der Waals surface area (Å²) in [4.78, 5) is 4.14. The minimum atomic E-state index is 0. The van der Waals surface area contributed by atoms with Crippen molar-refractivity contribution in [2.45, 2.75) is 13.3 Å². The molecular formula is C8H10LiN. The van der Waals surface area contributed by atoms with Gasteiger partial charge in [0.25, 0.3) is 0 Å². The van der Waals surface area contributed by atoms with E-state index in [-0.39, 0.29) is 18.9 Å². The van der Waals surface area contributed by atoms with Gasteiger partial charge in [0.15, 0.2) is 0 Å². The van der Waals surface area contributed by atoms with Gasteiger partial charge in [-0.2, -0.15) is 6.92 Å². The van der Waals surface area contributed by atoms with Crippen molar-refractivity contribution >= 4 is 0 Å². The van der Waals surface area contributed by atoms with Crippen LogP contribution in [0.25, 0.3) is 0 Å². The van der Waals surface area contributed by atoms with Gasteiger partial charge in [0.2, 0.25) is 0 Å². The van der Waals surface area contributed by atoms with E-state index in [9.17, 15) is 0 Å². The Kier molecular flexibility index (Phi) is 5.39. The first-order valence-electron chi connectivity index (χ1n) is 3.11. The van der Waals surface area contributed by atoms with Crippen LogP contribution in [0.3, 0.4) is 0 Å². The Morgan fingerprint density at radius 2 is 2.30 bits per heavy atom. The summed E-state index contributed by atoms with van der Waals surface area (Å²) >= 11 is 0. The Bertz CT molecular complexity index is 162. The van der Waals surface area contributed by atoms with Gasteiger partial charge in [0.05, 0.1) is 0 Å². The number of hydrogen-bond acceptors (Lipinski definition) is 1. The van der Waals surface area contributed by atoms with E-state index in [0.29, 0.717) is 0 Å². The number of nitrogens with zero attached hydrogens (tertiary/aromatic N) is 1. The van der Waals surface area contributed by atoms with Crippen LogP contribution in [0, 0.1) is 6.42 Å². The zero-order valence-corrected chi connectivity index (χ0v) is 6.54. The summed E-state index contributed by atoms with van der Waals surface area (Å²) < 4.78 is 0. The first-order chi connectivity index (χ1) is 4.43. The van der Waals surface area contributed by atoms with Crippen molar-refractivity contribution < 1.29 is 18.9 Å². The van der Waals surface area contributed by atoms with E-state index in [2.05, 4.69) is 11.4 Å². The van der Waals surface area contributed by atoms with E-state index in [1.165, 1.54) is 0 Å². The standard InChI is InChI=1S/C8H10N.Li/c1-2-5-8-6-3-4-7-9-8;/h2-4,6-7H,5H2,1H3;/q-1;+1. The van der Waals surface area contributed by atoms with Crippen LogP contribution >= 0.6 is 0 Å². The van der Waals surface area contributed by atoms with Gasteiger partial charge in [0.1, 0.15) is 0 Å². The fraction of sp³-hybridized carbons (Fsp3) is 0.250. The van der Waals surface area contributed by atoms with Gasteiger partial charge < -0.3 is 6.42 Å². The van der Waals surface area contributed by atoms with Gasteiger partial charge in [-0.3, -0.25) is 4.98 Å². The molecule has 0 saturated carbocycles. The molecular weight excluding hydrogens is 117 g/mol. The predicted molar refractivity (Wildman–Crippen MR) is 37.9 cm³/mol. The third kappa shape index (κ3) is 3.05. The molecule has 0 aliphatic carbocycles. The maximum absolute atomic E-state index is 4.14. The van der Waals surface area contributed by atoms with Crippen LogP contribution in [0.1, 0.15) is 12.6 Å². The van der Waals surface area contributed by atoms with Crippen molar-refractivity contribution in [1.29, 1.82) is 0 Å². The molecule has 10 heavy (non-hydrogen) atoms. The topological polar surface area (TPSA) is 12.9 Å². The summed E-state index contributed by atoms with van der Waals surface area (Å²) in [5.41, 5.74) is 1.14. The van der Waals surface area contributed by atoms with Gasteiger partial charge in [-0.05, 0) is 12.1 Å². The minimum Gasteiger partial charge on any atom is -0.326 e. The number of aromatic nitrogens is 1. The second kappa shape index (κ2) is 5.53. The van der Waals surface area contributed by atoms with Crippen LogP contribution in [0.5, 0.6) is 0 Å². The molecule has 0 atom stereocenters. The summed E-state index contributed by atoms with van der Waals surface area (Å²) in [6, 6.07) is 5.96. The number of hydrogen-bond donors (Lipinski definition) is 0. The fourth-order valence-electron chi connectivity index (χ4n) is 0.728. The quantitative estimate of drug-likeness (QED) is 0.361. The fourth-order valence-corrected chi connectivity index (χ4v) is 0.728. The molecule has 0 bridgehead atoms. The molecule has 1 aromatic heterocycles. The van der Waals surface area contributed by atoms with Crippen molar-refractivity contribution in [2.75, 3.05) is 0 Å². The van der Waals surface area contributed by atoms with Gasteiger partial charge in [0, 0.05) is 11.9 Å². The maximum atomic E-state index is 4.14. The largest absolute Gasteiger partial charge is 1.00 e. The third-order valence-corrected chi connectivity index (χ3v) is 1.14. The van der Waals surface area contributed by atoms with Crippen LogP contribution in [0.4, 0.5) is 0 Å². The molecule has 1 heterocycles. The molecule has 0 unspecified atom stereocenters. The molecule has 2 heteroatoms. The zero-order valence-electron chi connectivity index (χ0n) is 6.54. The summed E-state index contributed by atoms with van der Waals surface area (Å²) in [5.74, 6) is 0. The van der Waals surface area contributed by atoms with E-state index in [1.807, 2.05) is 31.3 Å². The van der Waals surface area contributed by atoms with E-state index in [1.54, 1.807) is 0 Å².